The average Bonchev–Trinajstić information content (AvgIpc) is 2.33. The molecule has 62 valence electrons. The average molecular weight is 219 g/mol. The van der Waals surface area contributed by atoms with E-state index in [0.29, 0.717) is 11.1 Å². The van der Waals surface area contributed by atoms with Crippen LogP contribution in [0.5, 0.6) is 0 Å². The van der Waals surface area contributed by atoms with Crippen molar-refractivity contribution in [3.8, 4) is 0 Å². The molecule has 0 aromatic heterocycles. The van der Waals surface area contributed by atoms with Crippen molar-refractivity contribution in [2.75, 3.05) is 0 Å². The quantitative estimate of drug-likeness (QED) is 0.360. The van der Waals surface area contributed by atoms with Gasteiger partial charge in [0.1, 0.15) is 0 Å². The molecule has 0 aliphatic carbocycles. The number of rotatable bonds is 0. The summed E-state index contributed by atoms with van der Waals surface area (Å²) >= 11 is 0. The van der Waals surface area contributed by atoms with Crippen LogP contribution in [-0.2, 0) is 0 Å². The zero-order valence-electron chi connectivity index (χ0n) is 6.15. The van der Waals surface area contributed by atoms with Gasteiger partial charge in [0.25, 0.3) is 11.8 Å². The fourth-order valence-electron chi connectivity index (χ4n) is 1.21. The molecule has 3 nitrogen and oxygen atoms in total. The van der Waals surface area contributed by atoms with Crippen molar-refractivity contribution in [1.29, 1.82) is 0 Å². The van der Waals surface area contributed by atoms with Gasteiger partial charge >= 0.3 is 51.4 Å². The zero-order valence-corrected chi connectivity index (χ0v) is 7.31. The molecule has 1 atom stereocenters. The van der Waals surface area contributed by atoms with Crippen molar-refractivity contribution in [3.63, 3.8) is 0 Å². The Labute approximate surface area is 121 Å². The molecular formula is C8H7KNO2P. The first-order valence-corrected chi connectivity index (χ1v) is 3.96. The molecule has 1 aliphatic rings. The number of benzene rings is 1. The third kappa shape index (κ3) is 1.80. The van der Waals surface area contributed by atoms with Crippen LogP contribution in [0.15, 0.2) is 24.3 Å². The fourth-order valence-corrected chi connectivity index (χ4v) is 1.49. The van der Waals surface area contributed by atoms with Gasteiger partial charge in [-0.1, -0.05) is 12.1 Å². The molecule has 1 aromatic carbocycles. The minimum atomic E-state index is -0.249. The third-order valence-corrected chi connectivity index (χ3v) is 2.29. The van der Waals surface area contributed by atoms with Gasteiger partial charge in [-0.3, -0.25) is 14.3 Å². The summed E-state index contributed by atoms with van der Waals surface area (Å²) in [5, 5.41) is 0. The van der Waals surface area contributed by atoms with E-state index in [1.165, 1.54) is 0 Å². The van der Waals surface area contributed by atoms with Gasteiger partial charge in [-0.05, 0) is 21.5 Å². The van der Waals surface area contributed by atoms with Crippen LogP contribution in [0.3, 0.4) is 0 Å². The van der Waals surface area contributed by atoms with Gasteiger partial charge in [0.2, 0.25) is 0 Å². The maximum atomic E-state index is 11.3. The van der Waals surface area contributed by atoms with Crippen LogP contribution in [0.4, 0.5) is 0 Å². The molecule has 0 fully saturated rings. The van der Waals surface area contributed by atoms with Crippen LogP contribution in [0.1, 0.15) is 20.7 Å². The van der Waals surface area contributed by atoms with Crippen LogP contribution >= 0.6 is 9.39 Å². The summed E-state index contributed by atoms with van der Waals surface area (Å²) in [6, 6.07) is 6.79. The molecule has 0 N–H and O–H groups in total. The van der Waals surface area contributed by atoms with E-state index in [1.54, 1.807) is 24.3 Å². The van der Waals surface area contributed by atoms with Gasteiger partial charge in [-0.15, -0.1) is 0 Å². The second-order valence-electron chi connectivity index (χ2n) is 2.53. The molecule has 0 radical (unpaired) electrons. The predicted molar refractivity (Wildman–Crippen MR) is 53.8 cm³/mol. The van der Waals surface area contributed by atoms with Gasteiger partial charge < -0.3 is 0 Å². The summed E-state index contributed by atoms with van der Waals surface area (Å²) in [6.45, 7) is 0. The first kappa shape index (κ1) is 11.5. The molecular weight excluding hydrogens is 212 g/mol. The predicted octanol–water partition coefficient (Wildman–Crippen LogP) is 0.424. The monoisotopic (exact) mass is 219 g/mol. The van der Waals surface area contributed by atoms with E-state index in [2.05, 4.69) is 9.39 Å². The van der Waals surface area contributed by atoms with E-state index >= 15 is 0 Å². The Bertz CT molecular complexity index is 345. The zero-order chi connectivity index (χ0) is 8.72. The van der Waals surface area contributed by atoms with Crippen molar-refractivity contribution in [2.24, 2.45) is 0 Å². The van der Waals surface area contributed by atoms with Gasteiger partial charge in [0, 0.05) is 0 Å². The van der Waals surface area contributed by atoms with E-state index < -0.39 is 0 Å². The molecule has 1 heterocycles. The Morgan fingerprint density at radius 2 is 1.38 bits per heavy atom. The molecule has 0 bridgehead atoms. The summed E-state index contributed by atoms with van der Waals surface area (Å²) in [7, 11) is 2.11. The Balaban J connectivity index is 0.000000845. The Hall–Kier alpha value is 0.426. The van der Waals surface area contributed by atoms with Crippen molar-refractivity contribution in [3.05, 3.63) is 35.4 Å². The first-order valence-electron chi connectivity index (χ1n) is 3.44. The van der Waals surface area contributed by atoms with Crippen molar-refractivity contribution < 1.29 is 9.59 Å². The number of imide groups is 1. The van der Waals surface area contributed by atoms with E-state index in [1.807, 2.05) is 0 Å². The Kier molecular flexibility index (Phi) is 3.80. The molecule has 2 amide bonds. The topological polar surface area (TPSA) is 37.4 Å². The number of amides is 2. The molecule has 2 rings (SSSR count). The molecule has 5 heteroatoms. The van der Waals surface area contributed by atoms with Crippen molar-refractivity contribution in [1.82, 2.24) is 4.67 Å². The second-order valence-corrected chi connectivity index (χ2v) is 3.04. The van der Waals surface area contributed by atoms with E-state index in [4.69, 9.17) is 0 Å². The second kappa shape index (κ2) is 4.30. The van der Waals surface area contributed by atoms with Crippen LogP contribution < -0.4 is 0 Å². The summed E-state index contributed by atoms with van der Waals surface area (Å²) in [5.41, 5.74) is 0.968. The van der Waals surface area contributed by atoms with Gasteiger partial charge in [0.15, 0.2) is 0 Å². The summed E-state index contributed by atoms with van der Waals surface area (Å²) in [4.78, 5) is 22.6. The number of nitrogens with zero attached hydrogens (tertiary/aromatic N) is 1. The Morgan fingerprint density at radius 1 is 1.00 bits per heavy atom. The molecule has 0 saturated carbocycles. The molecule has 1 aromatic rings. The van der Waals surface area contributed by atoms with E-state index in [9.17, 15) is 9.59 Å². The first-order chi connectivity index (χ1) is 5.72. The van der Waals surface area contributed by atoms with Gasteiger partial charge in [-0.2, -0.15) is 0 Å². The van der Waals surface area contributed by atoms with Crippen LogP contribution in [0.25, 0.3) is 0 Å². The van der Waals surface area contributed by atoms with Crippen LogP contribution in [0, 0.1) is 0 Å². The minimum absolute atomic E-state index is 0. The maximum absolute atomic E-state index is 11.3. The number of hydrogen-bond acceptors (Lipinski definition) is 2. The molecule has 0 saturated heterocycles. The molecule has 1 unspecified atom stereocenters. The number of fused-ring (bicyclic) bond motifs is 1. The number of hydrogen-bond donors (Lipinski definition) is 0. The van der Waals surface area contributed by atoms with Crippen molar-refractivity contribution >= 4 is 72.6 Å². The summed E-state index contributed by atoms with van der Waals surface area (Å²) in [6.07, 6.45) is 0. The molecule has 13 heavy (non-hydrogen) atoms. The van der Waals surface area contributed by atoms with Crippen molar-refractivity contribution in [2.45, 2.75) is 0 Å². The fraction of sp³-hybridized carbons (Fsp3) is 0. The number of carbonyl (C=O) groups is 2. The normalized spacial score (nSPS) is 14.1. The van der Waals surface area contributed by atoms with Gasteiger partial charge in [-0.25, -0.2) is 0 Å². The van der Waals surface area contributed by atoms with E-state index in [-0.39, 0.29) is 63.2 Å². The van der Waals surface area contributed by atoms with Crippen LogP contribution in [0.2, 0.25) is 0 Å². The molecule has 1 aliphatic heterocycles. The summed E-state index contributed by atoms with van der Waals surface area (Å²) in [5.74, 6) is -0.499. The molecule has 0 spiro atoms. The Morgan fingerprint density at radius 3 is 1.77 bits per heavy atom. The standard InChI is InChI=1S/C8H6NO2P.K.H/c10-7-5-3-1-2-4-6(5)8(11)9(7)12;;/h1-4H,12H2;;. The van der Waals surface area contributed by atoms with Crippen LogP contribution in [-0.4, -0.2) is 67.9 Å². The third-order valence-electron chi connectivity index (χ3n) is 1.83. The van der Waals surface area contributed by atoms with E-state index in [0.717, 1.165) is 4.67 Å². The number of carbonyl (C=O) groups excluding carboxylic acids is 2. The SMILES string of the molecule is O=C1c2ccccc2C(=O)N1P.[KH]. The summed E-state index contributed by atoms with van der Waals surface area (Å²) < 4.78 is 1.05. The van der Waals surface area contributed by atoms with Gasteiger partial charge in [0.05, 0.1) is 11.1 Å².